The normalized spacial score (nSPS) is 13.3. The van der Waals surface area contributed by atoms with E-state index in [1.807, 2.05) is 30.3 Å². The molecule has 3 rings (SSSR count). The first kappa shape index (κ1) is 20.4. The van der Waals surface area contributed by atoms with Gasteiger partial charge in [0.05, 0.1) is 19.2 Å². The molecule has 1 saturated heterocycles. The molecule has 3 amide bonds. The number of nitrogens with one attached hydrogen (secondary N) is 2. The van der Waals surface area contributed by atoms with Gasteiger partial charge in [-0.25, -0.2) is 0 Å². The largest absolute Gasteiger partial charge is 0.494 e. The van der Waals surface area contributed by atoms with Gasteiger partial charge in [-0.2, -0.15) is 0 Å². The Morgan fingerprint density at radius 2 is 1.90 bits per heavy atom. The highest BCUT2D eigenvalue weighted by Crippen LogP contribution is 2.33. The zero-order chi connectivity index (χ0) is 20.6. The number of benzene rings is 2. The number of methoxy groups -OCH3 is 1. The van der Waals surface area contributed by atoms with Crippen molar-refractivity contribution in [2.24, 2.45) is 0 Å². The number of anilines is 2. The Bertz CT molecular complexity index is 883. The Balaban J connectivity index is 1.48. The lowest BCUT2D eigenvalue weighted by Crippen LogP contribution is -2.29. The Hall–Kier alpha value is -3.35. The lowest BCUT2D eigenvalue weighted by Gasteiger charge is -2.19. The van der Waals surface area contributed by atoms with E-state index >= 15 is 0 Å². The number of hydrogen-bond acceptors (Lipinski definition) is 4. The monoisotopic (exact) mass is 395 g/mol. The van der Waals surface area contributed by atoms with Crippen LogP contribution in [0, 0.1) is 0 Å². The van der Waals surface area contributed by atoms with Crippen LogP contribution in [0.1, 0.15) is 24.8 Å². The lowest BCUT2D eigenvalue weighted by molar-refractivity contribution is -0.121. The zero-order valence-electron chi connectivity index (χ0n) is 16.4. The number of hydrogen-bond donors (Lipinski definition) is 2. The minimum atomic E-state index is -0.211. The van der Waals surface area contributed by atoms with E-state index in [2.05, 4.69) is 10.6 Å². The summed E-state index contributed by atoms with van der Waals surface area (Å²) in [5, 5.41) is 5.55. The second kappa shape index (κ2) is 9.73. The summed E-state index contributed by atoms with van der Waals surface area (Å²) in [7, 11) is 1.53. The van der Waals surface area contributed by atoms with Crippen molar-refractivity contribution in [3.05, 3.63) is 54.1 Å². The van der Waals surface area contributed by atoms with E-state index in [0.717, 1.165) is 12.0 Å². The molecule has 1 aliphatic heterocycles. The fraction of sp³-hybridized carbons (Fsp3) is 0.318. The lowest BCUT2D eigenvalue weighted by atomic mass is 10.1. The van der Waals surface area contributed by atoms with Gasteiger partial charge in [-0.1, -0.05) is 30.3 Å². The van der Waals surface area contributed by atoms with E-state index in [-0.39, 0.29) is 37.1 Å². The molecule has 1 heterocycles. The highest BCUT2D eigenvalue weighted by Gasteiger charge is 2.24. The van der Waals surface area contributed by atoms with Crippen LogP contribution in [-0.2, 0) is 20.8 Å². The second-order valence-corrected chi connectivity index (χ2v) is 6.85. The molecule has 2 aromatic carbocycles. The summed E-state index contributed by atoms with van der Waals surface area (Å²) < 4.78 is 5.40. The number of nitrogens with zero attached hydrogens (tertiary/aromatic N) is 1. The van der Waals surface area contributed by atoms with Crippen LogP contribution in [0.2, 0.25) is 0 Å². The van der Waals surface area contributed by atoms with Gasteiger partial charge in [0.15, 0.2) is 0 Å². The van der Waals surface area contributed by atoms with Gasteiger partial charge in [-0.15, -0.1) is 0 Å². The summed E-state index contributed by atoms with van der Waals surface area (Å²) in [5.41, 5.74) is 2.22. The van der Waals surface area contributed by atoms with Gasteiger partial charge in [-0.3, -0.25) is 14.4 Å². The van der Waals surface area contributed by atoms with Crippen molar-refractivity contribution in [2.45, 2.75) is 25.7 Å². The molecule has 0 saturated carbocycles. The van der Waals surface area contributed by atoms with Crippen molar-refractivity contribution in [3.8, 4) is 5.75 Å². The molecule has 0 aromatic heterocycles. The molecule has 7 nitrogen and oxygen atoms in total. The molecule has 2 aromatic rings. The first-order chi connectivity index (χ1) is 14.1. The molecule has 152 valence electrons. The van der Waals surface area contributed by atoms with Crippen LogP contribution in [0.25, 0.3) is 0 Å². The van der Waals surface area contributed by atoms with Crippen molar-refractivity contribution in [3.63, 3.8) is 0 Å². The Kier molecular flexibility index (Phi) is 6.84. The fourth-order valence-electron chi connectivity index (χ4n) is 3.26. The van der Waals surface area contributed by atoms with Crippen LogP contribution < -0.4 is 20.3 Å². The van der Waals surface area contributed by atoms with Crippen LogP contribution in [-0.4, -0.2) is 37.9 Å². The van der Waals surface area contributed by atoms with Crippen molar-refractivity contribution in [1.82, 2.24) is 5.32 Å². The van der Waals surface area contributed by atoms with Crippen LogP contribution in [0.4, 0.5) is 11.4 Å². The van der Waals surface area contributed by atoms with Gasteiger partial charge in [0.25, 0.3) is 0 Å². The van der Waals surface area contributed by atoms with Gasteiger partial charge in [0.2, 0.25) is 17.7 Å². The number of rotatable bonds is 8. The maximum absolute atomic E-state index is 12.2. The Labute approximate surface area is 170 Å². The van der Waals surface area contributed by atoms with E-state index < -0.39 is 0 Å². The molecule has 0 bridgehead atoms. The molecule has 0 spiro atoms. The minimum Gasteiger partial charge on any atom is -0.494 e. The Morgan fingerprint density at radius 1 is 1.10 bits per heavy atom. The van der Waals surface area contributed by atoms with Crippen molar-refractivity contribution >= 4 is 29.1 Å². The highest BCUT2D eigenvalue weighted by molar-refractivity contribution is 5.98. The third-order valence-corrected chi connectivity index (χ3v) is 4.71. The predicted octanol–water partition coefficient (Wildman–Crippen LogP) is 2.51. The van der Waals surface area contributed by atoms with E-state index in [4.69, 9.17) is 4.74 Å². The van der Waals surface area contributed by atoms with Crippen molar-refractivity contribution < 1.29 is 19.1 Å². The molecule has 1 fully saturated rings. The molecule has 2 N–H and O–H groups in total. The fourth-order valence-corrected chi connectivity index (χ4v) is 3.26. The van der Waals surface area contributed by atoms with Crippen LogP contribution in [0.5, 0.6) is 5.75 Å². The van der Waals surface area contributed by atoms with E-state index in [1.54, 1.807) is 23.1 Å². The summed E-state index contributed by atoms with van der Waals surface area (Å²) in [4.78, 5) is 37.8. The summed E-state index contributed by atoms with van der Waals surface area (Å²) >= 11 is 0. The van der Waals surface area contributed by atoms with Gasteiger partial charge < -0.3 is 20.3 Å². The maximum atomic E-state index is 12.2. The topological polar surface area (TPSA) is 87.7 Å². The third-order valence-electron chi connectivity index (χ3n) is 4.71. The molecule has 7 heteroatoms. The summed E-state index contributed by atoms with van der Waals surface area (Å²) in [5.74, 6) is 0.280. The van der Waals surface area contributed by atoms with Gasteiger partial charge in [0.1, 0.15) is 5.75 Å². The smallest absolute Gasteiger partial charge is 0.227 e. The van der Waals surface area contributed by atoms with Crippen LogP contribution in [0.15, 0.2) is 48.5 Å². The average Bonchev–Trinajstić information content (AvgIpc) is 3.14. The Morgan fingerprint density at radius 3 is 2.59 bits per heavy atom. The van der Waals surface area contributed by atoms with Crippen LogP contribution >= 0.6 is 0 Å². The van der Waals surface area contributed by atoms with Crippen molar-refractivity contribution in [1.29, 1.82) is 0 Å². The van der Waals surface area contributed by atoms with E-state index in [0.29, 0.717) is 30.1 Å². The number of carbonyl (C=O) groups excluding carboxylic acids is 3. The molecule has 0 aliphatic carbocycles. The summed E-state index contributed by atoms with van der Waals surface area (Å²) in [6, 6.07) is 14.7. The molecular weight excluding hydrogens is 370 g/mol. The minimum absolute atomic E-state index is 0.0753. The number of carbonyl (C=O) groups is 3. The quantitative estimate of drug-likeness (QED) is 0.719. The zero-order valence-corrected chi connectivity index (χ0v) is 16.4. The number of amides is 3. The first-order valence-electron chi connectivity index (χ1n) is 9.65. The predicted molar refractivity (Wildman–Crippen MR) is 111 cm³/mol. The molecular formula is C22H25N3O4. The summed E-state index contributed by atoms with van der Waals surface area (Å²) in [6.07, 6.45) is 1.82. The number of ether oxygens (including phenoxy) is 1. The standard InChI is InChI=1S/C22H25N3O4/c1-29-19-15-17(9-10-18(19)25-13-5-8-22(25)28)24-20(26)11-12-23-21(27)14-16-6-3-2-4-7-16/h2-4,6-7,9-10,15H,5,8,11-14H2,1H3,(H,23,27)(H,24,26). The highest BCUT2D eigenvalue weighted by atomic mass is 16.5. The third kappa shape index (κ3) is 5.57. The molecule has 0 unspecified atom stereocenters. The van der Waals surface area contributed by atoms with Crippen LogP contribution in [0.3, 0.4) is 0 Å². The molecule has 0 radical (unpaired) electrons. The second-order valence-electron chi connectivity index (χ2n) is 6.85. The molecule has 0 atom stereocenters. The summed E-state index contributed by atoms with van der Waals surface area (Å²) in [6.45, 7) is 0.929. The SMILES string of the molecule is COc1cc(NC(=O)CCNC(=O)Cc2ccccc2)ccc1N1CCCC1=O. The van der Waals surface area contributed by atoms with E-state index in [9.17, 15) is 14.4 Å². The van der Waals surface area contributed by atoms with Gasteiger partial charge in [-0.05, 0) is 24.1 Å². The molecule has 1 aliphatic rings. The van der Waals surface area contributed by atoms with E-state index in [1.165, 1.54) is 7.11 Å². The van der Waals surface area contributed by atoms with Gasteiger partial charge in [0, 0.05) is 37.7 Å². The maximum Gasteiger partial charge on any atom is 0.227 e. The molecule has 29 heavy (non-hydrogen) atoms. The average molecular weight is 395 g/mol. The van der Waals surface area contributed by atoms with Gasteiger partial charge >= 0.3 is 0 Å². The first-order valence-corrected chi connectivity index (χ1v) is 9.65. The van der Waals surface area contributed by atoms with Crippen molar-refractivity contribution in [2.75, 3.05) is 30.4 Å².